The molecule has 3 aromatic rings. The number of hydrogen-bond acceptors (Lipinski definition) is 5. The number of nitrogens with one attached hydrogen (secondary N) is 1. The lowest BCUT2D eigenvalue weighted by Crippen LogP contribution is -2.50. The van der Waals surface area contributed by atoms with Crippen molar-refractivity contribution in [1.82, 2.24) is 10.2 Å². The number of halogens is 2. The van der Waals surface area contributed by atoms with Crippen molar-refractivity contribution < 1.29 is 22.7 Å². The number of methoxy groups -OCH3 is 1. The van der Waals surface area contributed by atoms with E-state index in [1.807, 2.05) is 37.3 Å². The van der Waals surface area contributed by atoms with E-state index in [1.54, 1.807) is 42.5 Å². The zero-order chi connectivity index (χ0) is 30.7. The van der Waals surface area contributed by atoms with Crippen LogP contribution in [-0.2, 0) is 32.6 Å². The molecule has 0 radical (unpaired) electrons. The van der Waals surface area contributed by atoms with Crippen LogP contribution in [0, 0.1) is 0 Å². The highest BCUT2D eigenvalue weighted by Gasteiger charge is 2.31. The molecule has 0 saturated heterocycles. The number of hydrogen-bond donors (Lipinski definition) is 1. The third kappa shape index (κ3) is 9.37. The number of carbonyl (C=O) groups excluding carboxylic acids is 2. The van der Waals surface area contributed by atoms with E-state index in [0.29, 0.717) is 33.6 Å². The zero-order valence-electron chi connectivity index (χ0n) is 24.1. The maximum absolute atomic E-state index is 13.9. The summed E-state index contributed by atoms with van der Waals surface area (Å²) in [5, 5.41) is 3.70. The number of sulfonamides is 1. The van der Waals surface area contributed by atoms with Crippen LogP contribution in [0.15, 0.2) is 72.8 Å². The summed E-state index contributed by atoms with van der Waals surface area (Å²) < 4.78 is 31.8. The number of amides is 2. The summed E-state index contributed by atoms with van der Waals surface area (Å²) >= 11 is 13.0. The van der Waals surface area contributed by atoms with Gasteiger partial charge in [0.1, 0.15) is 11.8 Å². The van der Waals surface area contributed by atoms with Gasteiger partial charge in [0, 0.05) is 54.2 Å². The molecule has 1 unspecified atom stereocenters. The van der Waals surface area contributed by atoms with Crippen molar-refractivity contribution in [2.45, 2.75) is 45.2 Å². The van der Waals surface area contributed by atoms with E-state index >= 15 is 0 Å². The van der Waals surface area contributed by atoms with Gasteiger partial charge >= 0.3 is 0 Å². The summed E-state index contributed by atoms with van der Waals surface area (Å²) in [7, 11) is -2.14. The predicted octanol–water partition coefficient (Wildman–Crippen LogP) is 5.71. The summed E-state index contributed by atoms with van der Waals surface area (Å²) in [6, 6.07) is 20.4. The summed E-state index contributed by atoms with van der Waals surface area (Å²) in [6.07, 6.45) is 2.34. The van der Waals surface area contributed by atoms with E-state index in [4.69, 9.17) is 27.9 Å². The molecule has 226 valence electrons. The molecule has 0 heterocycles. The van der Waals surface area contributed by atoms with Gasteiger partial charge in [0.15, 0.2) is 0 Å². The molecule has 1 atom stereocenters. The highest BCUT2D eigenvalue weighted by molar-refractivity contribution is 7.92. The van der Waals surface area contributed by atoms with E-state index in [0.717, 1.165) is 18.2 Å². The van der Waals surface area contributed by atoms with Crippen molar-refractivity contribution in [2.75, 3.05) is 30.8 Å². The van der Waals surface area contributed by atoms with Crippen molar-refractivity contribution in [1.29, 1.82) is 0 Å². The molecule has 0 fully saturated rings. The Hall–Kier alpha value is -3.27. The van der Waals surface area contributed by atoms with Crippen molar-refractivity contribution in [3.8, 4) is 5.75 Å². The minimum atomic E-state index is -3.65. The van der Waals surface area contributed by atoms with Crippen molar-refractivity contribution in [3.05, 3.63) is 94.0 Å². The second-order valence-electron chi connectivity index (χ2n) is 9.86. The lowest BCUT2D eigenvalue weighted by molar-refractivity contribution is -0.141. The summed E-state index contributed by atoms with van der Waals surface area (Å²) in [5.74, 6) is -0.0918. The maximum Gasteiger partial charge on any atom is 0.243 e. The molecule has 1 N–H and O–H groups in total. The predicted molar refractivity (Wildman–Crippen MR) is 169 cm³/mol. The molecule has 0 aliphatic rings. The van der Waals surface area contributed by atoms with Gasteiger partial charge in [-0.2, -0.15) is 0 Å². The largest absolute Gasteiger partial charge is 0.497 e. The highest BCUT2D eigenvalue weighted by atomic mass is 35.5. The first-order valence-electron chi connectivity index (χ1n) is 13.7. The SMILES string of the molecule is CCCNC(=O)C(Cc1ccccc1)N(Cc1c(Cl)cccc1Cl)C(=O)CCCN(c1cccc(OC)c1)S(C)(=O)=O. The molecule has 0 aromatic heterocycles. The molecular weight excluding hydrogens is 597 g/mol. The molecule has 0 aliphatic carbocycles. The van der Waals surface area contributed by atoms with Gasteiger partial charge in [-0.15, -0.1) is 0 Å². The van der Waals surface area contributed by atoms with Crippen molar-refractivity contribution >= 4 is 50.7 Å². The zero-order valence-corrected chi connectivity index (χ0v) is 26.4. The fourth-order valence-corrected chi connectivity index (χ4v) is 6.02. The Morgan fingerprint density at radius 1 is 0.976 bits per heavy atom. The molecule has 3 aromatic carbocycles. The topological polar surface area (TPSA) is 96.0 Å². The standard InChI is InChI=1S/C31H37Cl2N3O5S/c1-4-18-34-31(38)29(20-23-11-6-5-7-12-23)35(22-26-27(32)15-9-16-28(26)33)30(37)17-10-19-36(42(3,39)40)24-13-8-14-25(21-24)41-2/h5-9,11-16,21,29H,4,10,17-20,22H2,1-3H3,(H,34,38). The van der Waals surface area contributed by atoms with Gasteiger partial charge in [-0.3, -0.25) is 13.9 Å². The molecule has 0 aliphatic heterocycles. The molecule has 8 nitrogen and oxygen atoms in total. The number of rotatable bonds is 15. The van der Waals surface area contributed by atoms with Gasteiger partial charge in [0.2, 0.25) is 21.8 Å². The monoisotopic (exact) mass is 633 g/mol. The van der Waals surface area contributed by atoms with E-state index in [-0.39, 0.29) is 44.2 Å². The quantitative estimate of drug-likeness (QED) is 0.231. The number of nitrogens with zero attached hydrogens (tertiary/aromatic N) is 2. The summed E-state index contributed by atoms with van der Waals surface area (Å²) in [4.78, 5) is 28.9. The lowest BCUT2D eigenvalue weighted by atomic mass is 10.0. The molecule has 0 bridgehead atoms. The molecule has 42 heavy (non-hydrogen) atoms. The minimum absolute atomic E-state index is 0.00952. The van der Waals surface area contributed by atoms with Crippen LogP contribution in [0.1, 0.15) is 37.3 Å². The average Bonchev–Trinajstić information content (AvgIpc) is 2.97. The number of carbonyl (C=O) groups is 2. The molecular formula is C31H37Cl2N3O5S. The average molecular weight is 635 g/mol. The molecule has 3 rings (SSSR count). The van der Waals surface area contributed by atoms with E-state index in [9.17, 15) is 18.0 Å². The Morgan fingerprint density at radius 3 is 2.26 bits per heavy atom. The Bertz CT molecular complexity index is 1430. The number of anilines is 1. The molecule has 2 amide bonds. The van der Waals surface area contributed by atoms with E-state index in [1.165, 1.54) is 16.3 Å². The minimum Gasteiger partial charge on any atom is -0.497 e. The van der Waals surface area contributed by atoms with E-state index in [2.05, 4.69) is 5.32 Å². The number of ether oxygens (including phenoxy) is 1. The fourth-order valence-electron chi connectivity index (χ4n) is 4.54. The van der Waals surface area contributed by atoms with Crippen LogP contribution in [0.5, 0.6) is 5.75 Å². The van der Waals surface area contributed by atoms with Crippen LogP contribution in [0.3, 0.4) is 0 Å². The lowest BCUT2D eigenvalue weighted by Gasteiger charge is -2.32. The van der Waals surface area contributed by atoms with Gasteiger partial charge in [-0.1, -0.05) is 72.6 Å². The van der Waals surface area contributed by atoms with Crippen LogP contribution < -0.4 is 14.4 Å². The summed E-state index contributed by atoms with van der Waals surface area (Å²) in [6.45, 7) is 2.49. The van der Waals surface area contributed by atoms with Gasteiger partial charge < -0.3 is 15.0 Å². The van der Waals surface area contributed by atoms with Crippen LogP contribution in [0.4, 0.5) is 5.69 Å². The second-order valence-corrected chi connectivity index (χ2v) is 12.6. The fraction of sp³-hybridized carbons (Fsp3) is 0.355. The normalized spacial score (nSPS) is 11.9. The van der Waals surface area contributed by atoms with Crippen LogP contribution in [-0.4, -0.2) is 57.6 Å². The van der Waals surface area contributed by atoms with Crippen LogP contribution >= 0.6 is 23.2 Å². The van der Waals surface area contributed by atoms with Crippen LogP contribution in [0.25, 0.3) is 0 Å². The van der Waals surface area contributed by atoms with Crippen molar-refractivity contribution in [2.24, 2.45) is 0 Å². The first kappa shape index (κ1) is 33.2. The Balaban J connectivity index is 1.91. The smallest absolute Gasteiger partial charge is 0.243 e. The molecule has 0 saturated carbocycles. The maximum atomic E-state index is 13.9. The first-order chi connectivity index (χ1) is 20.0. The highest BCUT2D eigenvalue weighted by Crippen LogP contribution is 2.28. The van der Waals surface area contributed by atoms with Gasteiger partial charge in [0.05, 0.1) is 19.1 Å². The third-order valence-corrected chi connectivity index (χ3v) is 8.61. The Kier molecular flexibility index (Phi) is 12.5. The van der Waals surface area contributed by atoms with Gasteiger partial charge in [0.25, 0.3) is 0 Å². The Morgan fingerprint density at radius 2 is 1.64 bits per heavy atom. The summed E-state index contributed by atoms with van der Waals surface area (Å²) in [5.41, 5.74) is 1.85. The third-order valence-electron chi connectivity index (χ3n) is 6.70. The number of benzene rings is 3. The van der Waals surface area contributed by atoms with Crippen molar-refractivity contribution in [3.63, 3.8) is 0 Å². The molecule has 11 heteroatoms. The van der Waals surface area contributed by atoms with Gasteiger partial charge in [-0.05, 0) is 42.7 Å². The first-order valence-corrected chi connectivity index (χ1v) is 16.3. The van der Waals surface area contributed by atoms with E-state index < -0.39 is 16.1 Å². The Labute approximate surface area is 258 Å². The van der Waals surface area contributed by atoms with Crippen LogP contribution in [0.2, 0.25) is 10.0 Å². The second kappa shape index (κ2) is 15.8. The van der Waals surface area contributed by atoms with Gasteiger partial charge in [-0.25, -0.2) is 8.42 Å². The molecule has 0 spiro atoms.